The third kappa shape index (κ3) is 3.77. The Morgan fingerprint density at radius 1 is 1.27 bits per heavy atom. The molecular weight excluding hydrogens is 382 g/mol. The number of pyridine rings is 1. The highest BCUT2D eigenvalue weighted by molar-refractivity contribution is 5.97. The Morgan fingerprint density at radius 2 is 2.13 bits per heavy atom. The predicted octanol–water partition coefficient (Wildman–Crippen LogP) is 1.62. The number of aromatic amines is 1. The maximum Gasteiger partial charge on any atom is 0.244 e. The maximum absolute atomic E-state index is 12.1. The molecule has 0 bridgehead atoms. The molecule has 0 radical (unpaired) electrons. The molecule has 4 aromatic heterocycles. The van der Waals surface area contributed by atoms with Crippen molar-refractivity contribution in [3.8, 4) is 11.1 Å². The van der Waals surface area contributed by atoms with E-state index in [9.17, 15) is 9.59 Å². The molecule has 0 aliphatic heterocycles. The standard InChI is InChI=1S/C21H21N7O2/c1-3-19(29)26-13(2)21(30)23-9-6-14-11-16-15(7-10-22-20(16)27-14)17-12-25-28-18(17)5-4-8-24-28/h3-5,7-8,10-13H,1,6,9H2,2H3,(H,22,27)(H,23,30)(H,26,29). The minimum Gasteiger partial charge on any atom is -0.354 e. The van der Waals surface area contributed by atoms with E-state index in [2.05, 4.69) is 37.4 Å². The molecule has 0 saturated heterocycles. The zero-order valence-corrected chi connectivity index (χ0v) is 16.4. The number of aromatic nitrogens is 5. The molecule has 9 nitrogen and oxygen atoms in total. The molecule has 0 aliphatic rings. The van der Waals surface area contributed by atoms with Crippen molar-refractivity contribution in [3.05, 3.63) is 61.2 Å². The van der Waals surface area contributed by atoms with Crippen molar-refractivity contribution >= 4 is 28.4 Å². The van der Waals surface area contributed by atoms with E-state index >= 15 is 0 Å². The summed E-state index contributed by atoms with van der Waals surface area (Å²) in [6.07, 6.45) is 6.98. The number of nitrogens with one attached hydrogen (secondary N) is 3. The fourth-order valence-corrected chi connectivity index (χ4v) is 3.30. The van der Waals surface area contributed by atoms with Crippen LogP contribution < -0.4 is 10.6 Å². The topological polar surface area (TPSA) is 117 Å². The summed E-state index contributed by atoms with van der Waals surface area (Å²) in [5.41, 5.74) is 4.61. The minimum absolute atomic E-state index is 0.251. The van der Waals surface area contributed by atoms with Gasteiger partial charge in [-0.3, -0.25) is 9.59 Å². The van der Waals surface area contributed by atoms with Crippen molar-refractivity contribution in [2.75, 3.05) is 6.54 Å². The highest BCUT2D eigenvalue weighted by Crippen LogP contribution is 2.30. The van der Waals surface area contributed by atoms with Gasteiger partial charge in [0.05, 0.1) is 11.7 Å². The van der Waals surface area contributed by atoms with Gasteiger partial charge in [0.1, 0.15) is 11.7 Å². The highest BCUT2D eigenvalue weighted by Gasteiger charge is 2.15. The van der Waals surface area contributed by atoms with Gasteiger partial charge in [0, 0.05) is 42.0 Å². The molecule has 4 rings (SSSR count). The van der Waals surface area contributed by atoms with Crippen LogP contribution in [-0.4, -0.2) is 49.2 Å². The van der Waals surface area contributed by atoms with Gasteiger partial charge < -0.3 is 15.6 Å². The molecular formula is C21H21N7O2. The second kappa shape index (κ2) is 8.16. The number of carbonyl (C=O) groups excluding carboxylic acids is 2. The Morgan fingerprint density at radius 3 is 2.97 bits per heavy atom. The van der Waals surface area contributed by atoms with Crippen molar-refractivity contribution in [1.82, 2.24) is 35.4 Å². The number of hydrogen-bond donors (Lipinski definition) is 3. The van der Waals surface area contributed by atoms with Gasteiger partial charge in [0.25, 0.3) is 0 Å². The summed E-state index contributed by atoms with van der Waals surface area (Å²) in [5.74, 6) is -0.631. The van der Waals surface area contributed by atoms with Gasteiger partial charge in [-0.2, -0.15) is 14.8 Å². The summed E-state index contributed by atoms with van der Waals surface area (Å²) >= 11 is 0. The van der Waals surface area contributed by atoms with Crippen LogP contribution in [0.1, 0.15) is 12.6 Å². The molecule has 0 saturated carbocycles. The summed E-state index contributed by atoms with van der Waals surface area (Å²) in [4.78, 5) is 31.1. The molecule has 9 heteroatoms. The quantitative estimate of drug-likeness (QED) is 0.406. The molecule has 0 fully saturated rings. The molecule has 3 N–H and O–H groups in total. The van der Waals surface area contributed by atoms with Crippen LogP contribution in [0.25, 0.3) is 27.7 Å². The van der Waals surface area contributed by atoms with Crippen LogP contribution in [0.5, 0.6) is 0 Å². The molecule has 4 aromatic rings. The Hall–Kier alpha value is -4.01. The van der Waals surface area contributed by atoms with E-state index in [1.54, 1.807) is 30.1 Å². The van der Waals surface area contributed by atoms with Crippen LogP contribution in [0, 0.1) is 0 Å². The van der Waals surface area contributed by atoms with E-state index in [-0.39, 0.29) is 11.8 Å². The summed E-state index contributed by atoms with van der Waals surface area (Å²) in [7, 11) is 0. The molecule has 152 valence electrons. The molecule has 2 amide bonds. The van der Waals surface area contributed by atoms with Gasteiger partial charge in [-0.1, -0.05) is 6.58 Å². The van der Waals surface area contributed by atoms with Gasteiger partial charge in [-0.05, 0) is 42.8 Å². The minimum atomic E-state index is -0.629. The van der Waals surface area contributed by atoms with Gasteiger partial charge in [-0.15, -0.1) is 0 Å². The van der Waals surface area contributed by atoms with Crippen molar-refractivity contribution < 1.29 is 9.59 Å². The van der Waals surface area contributed by atoms with E-state index in [4.69, 9.17) is 0 Å². The molecule has 0 spiro atoms. The largest absolute Gasteiger partial charge is 0.354 e. The van der Waals surface area contributed by atoms with Gasteiger partial charge in [-0.25, -0.2) is 4.98 Å². The SMILES string of the molecule is C=CC(=O)NC(C)C(=O)NCCc1cc2c(-c3cnn4ncccc34)ccnc2[nH]1. The first-order chi connectivity index (χ1) is 14.6. The van der Waals surface area contributed by atoms with E-state index in [0.29, 0.717) is 13.0 Å². The molecule has 0 aromatic carbocycles. The van der Waals surface area contributed by atoms with Crippen LogP contribution in [0.2, 0.25) is 0 Å². The van der Waals surface area contributed by atoms with Crippen LogP contribution in [-0.2, 0) is 16.0 Å². The lowest BCUT2D eigenvalue weighted by molar-refractivity contribution is -0.126. The first-order valence-electron chi connectivity index (χ1n) is 9.53. The summed E-state index contributed by atoms with van der Waals surface area (Å²) < 4.78 is 1.59. The molecule has 30 heavy (non-hydrogen) atoms. The summed E-state index contributed by atoms with van der Waals surface area (Å²) in [6, 6.07) is 7.21. The number of amides is 2. The van der Waals surface area contributed by atoms with Crippen LogP contribution in [0.3, 0.4) is 0 Å². The van der Waals surface area contributed by atoms with Crippen LogP contribution in [0.15, 0.2) is 55.5 Å². The number of nitrogens with zero attached hydrogens (tertiary/aromatic N) is 4. The second-order valence-electron chi connectivity index (χ2n) is 6.85. The second-order valence-corrected chi connectivity index (χ2v) is 6.85. The molecule has 1 unspecified atom stereocenters. The van der Waals surface area contributed by atoms with E-state index in [0.717, 1.165) is 39.4 Å². The van der Waals surface area contributed by atoms with Gasteiger partial charge >= 0.3 is 0 Å². The predicted molar refractivity (Wildman–Crippen MR) is 113 cm³/mol. The highest BCUT2D eigenvalue weighted by atomic mass is 16.2. The average molecular weight is 403 g/mol. The van der Waals surface area contributed by atoms with Crippen LogP contribution in [0.4, 0.5) is 0 Å². The van der Waals surface area contributed by atoms with E-state index < -0.39 is 6.04 Å². The third-order valence-corrected chi connectivity index (χ3v) is 4.81. The smallest absolute Gasteiger partial charge is 0.244 e. The summed E-state index contributed by atoms with van der Waals surface area (Å²) in [6.45, 7) is 5.43. The van der Waals surface area contributed by atoms with Gasteiger partial charge in [0.15, 0.2) is 0 Å². The van der Waals surface area contributed by atoms with Crippen molar-refractivity contribution in [3.63, 3.8) is 0 Å². The number of H-pyrrole nitrogens is 1. The van der Waals surface area contributed by atoms with E-state index in [1.165, 1.54) is 0 Å². The van der Waals surface area contributed by atoms with E-state index in [1.807, 2.05) is 24.3 Å². The molecule has 1 atom stereocenters. The zero-order valence-electron chi connectivity index (χ0n) is 16.4. The van der Waals surface area contributed by atoms with Gasteiger partial charge in [0.2, 0.25) is 11.8 Å². The number of hydrogen-bond acceptors (Lipinski definition) is 5. The Labute approximate surface area is 172 Å². The van der Waals surface area contributed by atoms with Crippen molar-refractivity contribution in [2.24, 2.45) is 0 Å². The lowest BCUT2D eigenvalue weighted by Crippen LogP contribution is -2.44. The zero-order chi connectivity index (χ0) is 21.1. The number of rotatable bonds is 7. The molecule has 0 aliphatic carbocycles. The lowest BCUT2D eigenvalue weighted by atomic mass is 10.1. The fourth-order valence-electron chi connectivity index (χ4n) is 3.30. The normalized spacial score (nSPS) is 12.0. The lowest BCUT2D eigenvalue weighted by Gasteiger charge is -2.12. The number of fused-ring (bicyclic) bond motifs is 2. The molecule has 4 heterocycles. The van der Waals surface area contributed by atoms with Crippen LogP contribution >= 0.6 is 0 Å². The monoisotopic (exact) mass is 403 g/mol. The summed E-state index contributed by atoms with van der Waals surface area (Å²) in [5, 5.41) is 14.9. The van der Waals surface area contributed by atoms with Crippen molar-refractivity contribution in [2.45, 2.75) is 19.4 Å². The first kappa shape index (κ1) is 19.3. The maximum atomic E-state index is 12.1. The van der Waals surface area contributed by atoms with Crippen molar-refractivity contribution in [1.29, 1.82) is 0 Å². The Bertz CT molecular complexity index is 1240. The Kier molecular flexibility index (Phi) is 5.25. The average Bonchev–Trinajstić information content (AvgIpc) is 3.37. The Balaban J connectivity index is 1.49. The fraction of sp³-hybridized carbons (Fsp3) is 0.190. The third-order valence-electron chi connectivity index (χ3n) is 4.81. The first-order valence-corrected chi connectivity index (χ1v) is 9.53. The number of carbonyl (C=O) groups is 2.